The van der Waals surface area contributed by atoms with E-state index in [9.17, 15) is 14.7 Å². The van der Waals surface area contributed by atoms with Gasteiger partial charge in [-0.15, -0.1) is 0 Å². The summed E-state index contributed by atoms with van der Waals surface area (Å²) in [7, 11) is 0. The Morgan fingerprint density at radius 3 is 2.66 bits per heavy atom. The molecule has 5 nitrogen and oxygen atoms in total. The molecule has 0 unspecified atom stereocenters. The highest BCUT2D eigenvalue weighted by atomic mass is 32.2. The summed E-state index contributed by atoms with van der Waals surface area (Å²) in [6.07, 6.45) is 4.83. The number of thioether (sulfide) groups is 2. The van der Waals surface area contributed by atoms with Gasteiger partial charge in [0.2, 0.25) is 0 Å². The van der Waals surface area contributed by atoms with Crippen molar-refractivity contribution < 1.29 is 19.1 Å². The van der Waals surface area contributed by atoms with Crippen molar-refractivity contribution in [2.24, 2.45) is 0 Å². The first-order valence-corrected chi connectivity index (χ1v) is 11.7. The summed E-state index contributed by atoms with van der Waals surface area (Å²) >= 11 is 7.93. The third-order valence-electron chi connectivity index (χ3n) is 4.56. The number of carboxylic acids is 1. The van der Waals surface area contributed by atoms with Crippen LogP contribution in [0, 0.1) is 0 Å². The molecule has 1 atom stereocenters. The topological polar surface area (TPSA) is 70.8 Å². The number of furan rings is 1. The van der Waals surface area contributed by atoms with Crippen LogP contribution in [-0.4, -0.2) is 44.3 Å². The Bertz CT molecular complexity index is 949. The van der Waals surface area contributed by atoms with Gasteiger partial charge in [-0.1, -0.05) is 55.2 Å². The summed E-state index contributed by atoms with van der Waals surface area (Å²) in [5.74, 6) is 0.422. The van der Waals surface area contributed by atoms with Gasteiger partial charge in [-0.2, -0.15) is 11.8 Å². The molecule has 0 spiro atoms. The maximum absolute atomic E-state index is 12.8. The molecule has 1 aliphatic heterocycles. The quantitative estimate of drug-likeness (QED) is 0.455. The predicted molar refractivity (Wildman–Crippen MR) is 123 cm³/mol. The number of carbonyl (C=O) groups excluding carboxylic acids is 1. The number of benzene rings is 1. The molecular weight excluding hydrogens is 426 g/mol. The Balaban J connectivity index is 1.80. The van der Waals surface area contributed by atoms with Gasteiger partial charge < -0.3 is 9.52 Å². The summed E-state index contributed by atoms with van der Waals surface area (Å²) in [6, 6.07) is 10.8. The maximum atomic E-state index is 12.8. The summed E-state index contributed by atoms with van der Waals surface area (Å²) < 4.78 is 6.13. The van der Waals surface area contributed by atoms with Gasteiger partial charge in [-0.25, -0.2) is 4.79 Å². The fraction of sp³-hybridized carbons (Fsp3) is 0.286. The van der Waals surface area contributed by atoms with Crippen molar-refractivity contribution in [2.45, 2.75) is 25.8 Å². The van der Waals surface area contributed by atoms with Crippen LogP contribution in [0.1, 0.15) is 24.7 Å². The average molecular weight is 448 g/mol. The van der Waals surface area contributed by atoms with Gasteiger partial charge in [-0.05, 0) is 42.5 Å². The first kappa shape index (κ1) is 21.7. The second kappa shape index (κ2) is 9.65. The zero-order valence-corrected chi connectivity index (χ0v) is 18.5. The Labute approximate surface area is 183 Å². The number of thiocarbonyl (C=S) groups is 1. The van der Waals surface area contributed by atoms with E-state index < -0.39 is 17.9 Å². The number of rotatable bonds is 8. The summed E-state index contributed by atoms with van der Waals surface area (Å²) in [5.41, 5.74) is 2.20. The Kier molecular flexibility index (Phi) is 7.21. The SMILES string of the molecule is CCc1ccc(-c2ccc(/C=C3/SC(=S)N([C@H](CCSC)C(=O)O)C3=O)o2)cc1. The molecule has 1 aromatic carbocycles. The molecule has 2 heterocycles. The highest BCUT2D eigenvalue weighted by Crippen LogP contribution is 2.35. The van der Waals surface area contributed by atoms with Crippen LogP contribution in [0.25, 0.3) is 17.4 Å². The van der Waals surface area contributed by atoms with E-state index in [1.165, 1.54) is 22.2 Å². The molecule has 2 aromatic rings. The van der Waals surface area contributed by atoms with Crippen molar-refractivity contribution in [1.29, 1.82) is 0 Å². The molecule has 3 rings (SSSR count). The monoisotopic (exact) mass is 447 g/mol. The van der Waals surface area contributed by atoms with Crippen LogP contribution < -0.4 is 0 Å². The summed E-state index contributed by atoms with van der Waals surface area (Å²) in [6.45, 7) is 2.10. The van der Waals surface area contributed by atoms with E-state index in [4.69, 9.17) is 16.6 Å². The number of carboxylic acid groups (broad SMARTS) is 1. The first-order valence-electron chi connectivity index (χ1n) is 9.12. The summed E-state index contributed by atoms with van der Waals surface area (Å²) in [4.78, 5) is 26.0. The third kappa shape index (κ3) is 4.94. The lowest BCUT2D eigenvalue weighted by molar-refractivity contribution is -0.145. The zero-order valence-electron chi connectivity index (χ0n) is 16.1. The van der Waals surface area contributed by atoms with Crippen LogP contribution in [0.5, 0.6) is 0 Å². The van der Waals surface area contributed by atoms with Crippen LogP contribution in [0.15, 0.2) is 45.7 Å². The molecule has 1 amide bonds. The second-order valence-corrected chi connectivity index (χ2v) is 9.10. The minimum Gasteiger partial charge on any atom is -0.480 e. The van der Waals surface area contributed by atoms with Gasteiger partial charge in [0.1, 0.15) is 21.9 Å². The molecule has 8 heteroatoms. The molecule has 1 N–H and O–H groups in total. The van der Waals surface area contributed by atoms with E-state index >= 15 is 0 Å². The molecule has 1 aromatic heterocycles. The van der Waals surface area contributed by atoms with Crippen molar-refractivity contribution >= 4 is 58.0 Å². The van der Waals surface area contributed by atoms with E-state index in [2.05, 4.69) is 19.1 Å². The number of aryl methyl sites for hydroxylation is 1. The molecule has 1 fully saturated rings. The van der Waals surface area contributed by atoms with Gasteiger partial charge >= 0.3 is 5.97 Å². The molecule has 1 saturated heterocycles. The standard InChI is InChI=1S/C21H21NO4S3/c1-3-13-4-6-14(7-5-13)17-9-8-15(26-17)12-18-19(23)22(21(27)29-18)16(20(24)25)10-11-28-2/h4-9,12,16H,3,10-11H2,1-2H3,(H,24,25)/b18-12+/t16-/m1/s1. The molecule has 29 heavy (non-hydrogen) atoms. The van der Waals surface area contributed by atoms with Crippen LogP contribution in [0.2, 0.25) is 0 Å². The molecular formula is C21H21NO4S3. The lowest BCUT2D eigenvalue weighted by atomic mass is 10.1. The number of hydrogen-bond donors (Lipinski definition) is 1. The maximum Gasteiger partial charge on any atom is 0.326 e. The van der Waals surface area contributed by atoms with Crippen molar-refractivity contribution in [3.63, 3.8) is 0 Å². The van der Waals surface area contributed by atoms with E-state index in [0.29, 0.717) is 28.6 Å². The number of aliphatic carboxylic acids is 1. The van der Waals surface area contributed by atoms with Gasteiger partial charge in [-0.3, -0.25) is 9.69 Å². The highest BCUT2D eigenvalue weighted by molar-refractivity contribution is 8.26. The minimum atomic E-state index is -1.05. The van der Waals surface area contributed by atoms with Crippen molar-refractivity contribution in [2.75, 3.05) is 12.0 Å². The normalized spacial score (nSPS) is 16.6. The lowest BCUT2D eigenvalue weighted by Crippen LogP contribution is -2.44. The number of carbonyl (C=O) groups is 2. The number of nitrogens with zero attached hydrogens (tertiary/aromatic N) is 1. The summed E-state index contributed by atoms with van der Waals surface area (Å²) in [5, 5.41) is 9.53. The number of amides is 1. The molecule has 1 aliphatic rings. The van der Waals surface area contributed by atoms with Crippen molar-refractivity contribution in [1.82, 2.24) is 4.90 Å². The van der Waals surface area contributed by atoms with Crippen molar-refractivity contribution in [3.05, 3.63) is 52.6 Å². The van der Waals surface area contributed by atoms with Crippen LogP contribution in [0.4, 0.5) is 0 Å². The fourth-order valence-corrected chi connectivity index (χ4v) is 4.76. The number of hydrogen-bond acceptors (Lipinski definition) is 6. The molecule has 0 radical (unpaired) electrons. The van der Waals surface area contributed by atoms with Crippen LogP contribution in [0.3, 0.4) is 0 Å². The molecule has 0 saturated carbocycles. The largest absolute Gasteiger partial charge is 0.480 e. The molecule has 0 bridgehead atoms. The molecule has 0 aliphatic carbocycles. The smallest absolute Gasteiger partial charge is 0.326 e. The van der Waals surface area contributed by atoms with Gasteiger partial charge in [0.05, 0.1) is 4.91 Å². The third-order valence-corrected chi connectivity index (χ3v) is 6.54. The van der Waals surface area contributed by atoms with Crippen LogP contribution >= 0.6 is 35.7 Å². The minimum absolute atomic E-state index is 0.261. The van der Waals surface area contributed by atoms with E-state index in [-0.39, 0.29) is 4.32 Å². The Morgan fingerprint density at radius 2 is 2.03 bits per heavy atom. The molecule has 152 valence electrons. The first-order chi connectivity index (χ1) is 13.9. The predicted octanol–water partition coefficient (Wildman–Crippen LogP) is 4.92. The van der Waals surface area contributed by atoms with Gasteiger partial charge in [0, 0.05) is 11.6 Å². The van der Waals surface area contributed by atoms with Crippen molar-refractivity contribution in [3.8, 4) is 11.3 Å². The van der Waals surface area contributed by atoms with Crippen LogP contribution in [-0.2, 0) is 16.0 Å². The Hall–Kier alpha value is -2.03. The average Bonchev–Trinajstić information content (AvgIpc) is 3.28. The Morgan fingerprint density at radius 1 is 1.31 bits per heavy atom. The second-order valence-electron chi connectivity index (χ2n) is 6.44. The fourth-order valence-electron chi connectivity index (χ4n) is 2.96. The highest BCUT2D eigenvalue weighted by Gasteiger charge is 2.40. The van der Waals surface area contributed by atoms with Gasteiger partial charge in [0.15, 0.2) is 0 Å². The van der Waals surface area contributed by atoms with E-state index in [1.54, 1.807) is 12.1 Å². The zero-order chi connectivity index (χ0) is 21.0. The van der Waals surface area contributed by atoms with E-state index in [1.807, 2.05) is 24.5 Å². The van der Waals surface area contributed by atoms with E-state index in [0.717, 1.165) is 23.7 Å². The van der Waals surface area contributed by atoms with Gasteiger partial charge in [0.25, 0.3) is 5.91 Å². The lowest BCUT2D eigenvalue weighted by Gasteiger charge is -2.22.